The summed E-state index contributed by atoms with van der Waals surface area (Å²) in [7, 11) is 0. The van der Waals surface area contributed by atoms with Gasteiger partial charge in [0.2, 0.25) is 0 Å². The van der Waals surface area contributed by atoms with Crippen LogP contribution < -0.4 is 9.47 Å². The van der Waals surface area contributed by atoms with Crippen molar-refractivity contribution in [3.8, 4) is 11.5 Å². The zero-order valence-electron chi connectivity index (χ0n) is 26.3. The molecule has 2 aliphatic heterocycles. The van der Waals surface area contributed by atoms with Gasteiger partial charge in [-0.2, -0.15) is 0 Å². The lowest BCUT2D eigenvalue weighted by Gasteiger charge is -2.61. The van der Waals surface area contributed by atoms with Crippen LogP contribution in [0.5, 0.6) is 11.5 Å². The number of benzene rings is 2. The summed E-state index contributed by atoms with van der Waals surface area (Å²) in [6.07, 6.45) is 11.5. The maximum Gasteiger partial charge on any atom is 0.308 e. The lowest BCUT2D eigenvalue weighted by atomic mass is 9.51. The summed E-state index contributed by atoms with van der Waals surface area (Å²) in [5.41, 5.74) is 4.15. The van der Waals surface area contributed by atoms with Gasteiger partial charge in [-0.3, -0.25) is 14.6 Å². The second-order valence-corrected chi connectivity index (χ2v) is 14.4. The van der Waals surface area contributed by atoms with Crippen molar-refractivity contribution in [2.24, 2.45) is 11.8 Å². The van der Waals surface area contributed by atoms with E-state index >= 15 is 0 Å². The number of hydrogen-bond acceptors (Lipinski definition) is 6. The Kier molecular flexibility index (Phi) is 8.06. The molecule has 1 saturated heterocycles. The molecule has 2 unspecified atom stereocenters. The van der Waals surface area contributed by atoms with Crippen molar-refractivity contribution in [2.75, 3.05) is 19.6 Å². The van der Waals surface area contributed by atoms with Crippen LogP contribution in [0.25, 0.3) is 0 Å². The van der Waals surface area contributed by atoms with E-state index in [9.17, 15) is 9.90 Å². The Labute approximate surface area is 257 Å². The first-order valence-electron chi connectivity index (χ1n) is 17.1. The number of likely N-dealkylation sites (tertiary alicyclic amines) is 1. The summed E-state index contributed by atoms with van der Waals surface area (Å²) in [6.45, 7) is 9.36. The molecule has 6 nitrogen and oxygen atoms in total. The Morgan fingerprint density at radius 2 is 1.91 bits per heavy atom. The second-order valence-electron chi connectivity index (χ2n) is 14.4. The predicted octanol–water partition coefficient (Wildman–Crippen LogP) is 5.91. The van der Waals surface area contributed by atoms with Gasteiger partial charge in [0.05, 0.1) is 6.10 Å². The summed E-state index contributed by atoms with van der Waals surface area (Å²) in [6, 6.07) is 16.3. The molecule has 0 radical (unpaired) electrons. The fourth-order valence-corrected chi connectivity index (χ4v) is 9.55. The van der Waals surface area contributed by atoms with Gasteiger partial charge in [0.1, 0.15) is 6.10 Å². The van der Waals surface area contributed by atoms with Crippen molar-refractivity contribution in [2.45, 2.75) is 121 Å². The molecule has 2 aromatic rings. The number of aryl methyl sites for hydroxylation is 1. The first-order chi connectivity index (χ1) is 20.9. The molecule has 43 heavy (non-hydrogen) atoms. The van der Waals surface area contributed by atoms with Crippen LogP contribution in [0.2, 0.25) is 0 Å². The zero-order valence-corrected chi connectivity index (χ0v) is 26.3. The number of carbonyl (C=O) groups excluding carboxylic acids is 1. The SMILES string of the molecule is CC(=O)Oc1ccc2c3c1O[C@H]1[C@H](N(CCCCCCc4ccccc4)C(C)C)CC[C@H]4[C@@H](C2)N(CC2CC2O)CC[C@@]341. The highest BCUT2D eigenvalue weighted by molar-refractivity contribution is 5.72. The van der Waals surface area contributed by atoms with E-state index in [1.54, 1.807) is 0 Å². The lowest BCUT2D eigenvalue weighted by Crippen LogP contribution is -2.69. The van der Waals surface area contributed by atoms with Crippen LogP contribution in [0.3, 0.4) is 0 Å². The van der Waals surface area contributed by atoms with Crippen LogP contribution in [0.15, 0.2) is 42.5 Å². The molecular formula is C37H50N2O4. The van der Waals surface area contributed by atoms with Gasteiger partial charge in [0.25, 0.3) is 0 Å². The van der Waals surface area contributed by atoms with E-state index in [0.717, 1.165) is 51.1 Å². The smallest absolute Gasteiger partial charge is 0.308 e. The van der Waals surface area contributed by atoms with Crippen molar-refractivity contribution >= 4 is 5.97 Å². The van der Waals surface area contributed by atoms with Crippen molar-refractivity contribution in [3.63, 3.8) is 0 Å². The average Bonchev–Trinajstić information content (AvgIpc) is 3.57. The van der Waals surface area contributed by atoms with Gasteiger partial charge in [-0.25, -0.2) is 0 Å². The molecule has 0 amide bonds. The summed E-state index contributed by atoms with van der Waals surface area (Å²) < 4.78 is 12.9. The third kappa shape index (κ3) is 5.32. The number of hydrogen-bond donors (Lipinski definition) is 1. The number of aliphatic hydroxyl groups excluding tert-OH is 1. The fourth-order valence-electron chi connectivity index (χ4n) is 9.55. The Balaban J connectivity index is 1.12. The van der Waals surface area contributed by atoms with Gasteiger partial charge in [0.15, 0.2) is 11.5 Å². The molecule has 2 heterocycles. The van der Waals surface area contributed by atoms with E-state index in [1.807, 2.05) is 6.07 Å². The molecule has 232 valence electrons. The summed E-state index contributed by atoms with van der Waals surface area (Å²) >= 11 is 0. The monoisotopic (exact) mass is 586 g/mol. The van der Waals surface area contributed by atoms with Gasteiger partial charge in [-0.15, -0.1) is 0 Å². The van der Waals surface area contributed by atoms with Crippen molar-refractivity contribution in [1.29, 1.82) is 0 Å². The molecule has 3 fully saturated rings. The highest BCUT2D eigenvalue weighted by atomic mass is 16.6. The third-order valence-electron chi connectivity index (χ3n) is 11.6. The summed E-state index contributed by atoms with van der Waals surface area (Å²) in [5, 5.41) is 10.1. The molecule has 1 spiro atoms. The molecule has 7 rings (SSSR count). The van der Waals surface area contributed by atoms with Crippen LogP contribution in [0.4, 0.5) is 0 Å². The summed E-state index contributed by atoms with van der Waals surface area (Å²) in [4.78, 5) is 17.6. The number of ether oxygens (including phenoxy) is 2. The number of piperidine rings is 1. The lowest BCUT2D eigenvalue weighted by molar-refractivity contribution is -0.132. The molecule has 5 aliphatic rings. The van der Waals surface area contributed by atoms with Crippen LogP contribution >= 0.6 is 0 Å². The van der Waals surface area contributed by atoms with Crippen molar-refractivity contribution < 1.29 is 19.4 Å². The van der Waals surface area contributed by atoms with E-state index in [-0.39, 0.29) is 23.6 Å². The highest BCUT2D eigenvalue weighted by Crippen LogP contribution is 2.64. The van der Waals surface area contributed by atoms with Gasteiger partial charge >= 0.3 is 5.97 Å². The number of rotatable bonds is 12. The molecule has 7 atom stereocenters. The largest absolute Gasteiger partial charge is 0.484 e. The van der Waals surface area contributed by atoms with Crippen LogP contribution in [-0.2, 0) is 23.1 Å². The van der Waals surface area contributed by atoms with E-state index < -0.39 is 0 Å². The Morgan fingerprint density at radius 1 is 1.12 bits per heavy atom. The topological polar surface area (TPSA) is 62.2 Å². The fraction of sp³-hybridized carbons (Fsp3) is 0.649. The van der Waals surface area contributed by atoms with Gasteiger partial charge in [-0.05, 0) is 101 Å². The van der Waals surface area contributed by atoms with Crippen LogP contribution in [0, 0.1) is 11.8 Å². The quantitative estimate of drug-likeness (QED) is 0.190. The average molecular weight is 587 g/mol. The molecule has 3 aliphatic carbocycles. The minimum Gasteiger partial charge on any atom is -0.484 e. The first-order valence-corrected chi connectivity index (χ1v) is 17.1. The molecule has 1 N–H and O–H groups in total. The predicted molar refractivity (Wildman–Crippen MR) is 169 cm³/mol. The number of aliphatic hydroxyl groups is 1. The molecule has 6 heteroatoms. The van der Waals surface area contributed by atoms with Crippen LogP contribution in [-0.4, -0.2) is 70.8 Å². The van der Waals surface area contributed by atoms with Gasteiger partial charge in [-0.1, -0.05) is 49.2 Å². The Morgan fingerprint density at radius 3 is 2.65 bits per heavy atom. The van der Waals surface area contributed by atoms with Crippen LogP contribution in [0.1, 0.15) is 88.8 Å². The third-order valence-corrected chi connectivity index (χ3v) is 11.6. The molecule has 2 saturated carbocycles. The zero-order chi connectivity index (χ0) is 29.7. The Bertz CT molecular complexity index is 1310. The van der Waals surface area contributed by atoms with E-state index in [1.165, 1.54) is 62.1 Å². The number of esters is 1. The normalized spacial score (nSPS) is 32.0. The molecule has 2 aromatic carbocycles. The minimum absolute atomic E-state index is 0.0336. The molecular weight excluding hydrogens is 536 g/mol. The molecule has 0 aromatic heterocycles. The number of unbranched alkanes of at least 4 members (excludes halogenated alkanes) is 3. The van der Waals surface area contributed by atoms with Crippen molar-refractivity contribution in [3.05, 3.63) is 59.2 Å². The maximum absolute atomic E-state index is 12.1. The van der Waals surface area contributed by atoms with E-state index in [4.69, 9.17) is 9.47 Å². The van der Waals surface area contributed by atoms with E-state index in [0.29, 0.717) is 35.7 Å². The van der Waals surface area contributed by atoms with Gasteiger partial charge in [0, 0.05) is 48.5 Å². The first kappa shape index (κ1) is 29.3. The minimum atomic E-state index is -0.289. The molecule has 2 bridgehead atoms. The van der Waals surface area contributed by atoms with E-state index in [2.05, 4.69) is 60.0 Å². The maximum atomic E-state index is 12.1. The Hall–Kier alpha value is -2.41. The number of nitrogens with zero attached hydrogens (tertiary/aromatic N) is 2. The summed E-state index contributed by atoms with van der Waals surface area (Å²) in [5.74, 6) is 2.13. The second kappa shape index (κ2) is 11.8. The standard InChI is InChI=1S/C37H50N2O4/c1-24(2)39(19-10-5-4-7-11-26-12-8-6-9-13-26)30-16-15-29-31-21-27-14-17-33(42-25(3)40)35-34(27)37(29,36(30)43-35)18-20-38(31)23-28-22-32(28)41/h6,8-9,12-14,17,24,28-32,36,41H,4-5,7,10-11,15-16,18-23H2,1-3H3/t28?,29-,30+,31+,32?,36-,37-/m0/s1. The van der Waals surface area contributed by atoms with Gasteiger partial charge < -0.3 is 14.6 Å². The van der Waals surface area contributed by atoms with Crippen molar-refractivity contribution in [1.82, 2.24) is 9.80 Å². The highest BCUT2D eigenvalue weighted by Gasteiger charge is 2.66. The number of carbonyl (C=O) groups is 1.